The summed E-state index contributed by atoms with van der Waals surface area (Å²) in [6.45, 7) is 4.19. The maximum Gasteiger partial charge on any atom is 0.174 e. The van der Waals surface area contributed by atoms with Crippen LogP contribution < -0.4 is 5.73 Å². The fourth-order valence-electron chi connectivity index (χ4n) is 1.66. The summed E-state index contributed by atoms with van der Waals surface area (Å²) in [4.78, 5) is 0. The molecular formula is C13H14BrNO. The fraction of sp³-hybridized carbons (Fsp3) is 0.231. The SMILES string of the molecule is Cc1ccc(C(N)c2ccoc2Br)cc1C. The Morgan fingerprint density at radius 3 is 2.50 bits per heavy atom. The van der Waals surface area contributed by atoms with Crippen molar-refractivity contribution in [1.29, 1.82) is 0 Å². The number of furan rings is 1. The monoisotopic (exact) mass is 279 g/mol. The van der Waals surface area contributed by atoms with E-state index in [1.807, 2.05) is 6.07 Å². The first kappa shape index (κ1) is 11.4. The molecule has 0 spiro atoms. The summed E-state index contributed by atoms with van der Waals surface area (Å²) in [5, 5.41) is 0. The molecule has 0 fully saturated rings. The molecular weight excluding hydrogens is 266 g/mol. The first-order chi connectivity index (χ1) is 7.59. The third-order valence-corrected chi connectivity index (χ3v) is 3.52. The molecule has 0 amide bonds. The van der Waals surface area contributed by atoms with E-state index in [1.165, 1.54) is 11.1 Å². The molecule has 0 radical (unpaired) electrons. The second-order valence-electron chi connectivity index (χ2n) is 3.97. The summed E-state index contributed by atoms with van der Waals surface area (Å²) >= 11 is 3.35. The highest BCUT2D eigenvalue weighted by Gasteiger charge is 2.14. The Labute approximate surface area is 104 Å². The van der Waals surface area contributed by atoms with Crippen molar-refractivity contribution in [3.8, 4) is 0 Å². The van der Waals surface area contributed by atoms with Gasteiger partial charge in [-0.2, -0.15) is 0 Å². The molecule has 0 bridgehead atoms. The van der Waals surface area contributed by atoms with Crippen LogP contribution in [-0.4, -0.2) is 0 Å². The third kappa shape index (κ3) is 2.06. The van der Waals surface area contributed by atoms with Crippen LogP contribution in [0.2, 0.25) is 0 Å². The average Bonchev–Trinajstić information content (AvgIpc) is 2.67. The molecule has 1 aromatic carbocycles. The van der Waals surface area contributed by atoms with Gasteiger partial charge in [-0.1, -0.05) is 18.2 Å². The Morgan fingerprint density at radius 2 is 1.94 bits per heavy atom. The molecule has 0 saturated heterocycles. The molecule has 0 aliphatic rings. The number of nitrogens with two attached hydrogens (primary N) is 1. The molecule has 3 heteroatoms. The Morgan fingerprint density at radius 1 is 1.19 bits per heavy atom. The molecule has 1 unspecified atom stereocenters. The van der Waals surface area contributed by atoms with Gasteiger partial charge in [-0.05, 0) is 52.5 Å². The summed E-state index contributed by atoms with van der Waals surface area (Å²) in [5.41, 5.74) is 10.8. The van der Waals surface area contributed by atoms with Gasteiger partial charge in [0.05, 0.1) is 12.3 Å². The smallest absolute Gasteiger partial charge is 0.174 e. The largest absolute Gasteiger partial charge is 0.457 e. The van der Waals surface area contributed by atoms with Crippen LogP contribution in [0.15, 0.2) is 39.6 Å². The van der Waals surface area contributed by atoms with E-state index in [2.05, 4.69) is 48.0 Å². The lowest BCUT2D eigenvalue weighted by molar-refractivity contribution is 0.534. The van der Waals surface area contributed by atoms with Crippen LogP contribution in [0.3, 0.4) is 0 Å². The van der Waals surface area contributed by atoms with E-state index >= 15 is 0 Å². The highest BCUT2D eigenvalue weighted by Crippen LogP contribution is 2.28. The van der Waals surface area contributed by atoms with E-state index < -0.39 is 0 Å². The van der Waals surface area contributed by atoms with E-state index in [0.717, 1.165) is 11.1 Å². The Balaban J connectivity index is 2.38. The zero-order valence-electron chi connectivity index (χ0n) is 9.33. The van der Waals surface area contributed by atoms with Gasteiger partial charge in [-0.25, -0.2) is 0 Å². The molecule has 2 rings (SSSR count). The Kier molecular flexibility index (Phi) is 3.17. The number of benzene rings is 1. The van der Waals surface area contributed by atoms with Gasteiger partial charge in [0.25, 0.3) is 0 Å². The highest BCUT2D eigenvalue weighted by atomic mass is 79.9. The van der Waals surface area contributed by atoms with E-state index in [-0.39, 0.29) is 6.04 Å². The van der Waals surface area contributed by atoms with Crippen LogP contribution >= 0.6 is 15.9 Å². The van der Waals surface area contributed by atoms with Crippen molar-refractivity contribution in [2.75, 3.05) is 0 Å². The van der Waals surface area contributed by atoms with Crippen molar-refractivity contribution in [2.45, 2.75) is 19.9 Å². The Bertz CT molecular complexity index is 504. The molecule has 1 aromatic heterocycles. The van der Waals surface area contributed by atoms with Gasteiger partial charge < -0.3 is 10.2 Å². The number of hydrogen-bond acceptors (Lipinski definition) is 2. The maximum absolute atomic E-state index is 6.19. The zero-order valence-corrected chi connectivity index (χ0v) is 10.9. The van der Waals surface area contributed by atoms with Crippen molar-refractivity contribution in [3.63, 3.8) is 0 Å². The first-order valence-electron chi connectivity index (χ1n) is 5.15. The summed E-state index contributed by atoms with van der Waals surface area (Å²) < 4.78 is 5.90. The minimum atomic E-state index is -0.146. The first-order valence-corrected chi connectivity index (χ1v) is 5.94. The standard InChI is InChI=1S/C13H14BrNO/c1-8-3-4-10(7-9(8)2)12(15)11-5-6-16-13(11)14/h3-7,12H,15H2,1-2H3. The number of rotatable bonds is 2. The number of hydrogen-bond donors (Lipinski definition) is 1. The van der Waals surface area contributed by atoms with E-state index in [4.69, 9.17) is 10.2 Å². The van der Waals surface area contributed by atoms with Crippen LogP contribution in [0, 0.1) is 13.8 Å². The van der Waals surface area contributed by atoms with E-state index in [9.17, 15) is 0 Å². The molecule has 2 N–H and O–H groups in total. The predicted octanol–water partition coefficient (Wildman–Crippen LogP) is 3.71. The molecule has 1 heterocycles. The van der Waals surface area contributed by atoms with Crippen molar-refractivity contribution in [1.82, 2.24) is 0 Å². The molecule has 16 heavy (non-hydrogen) atoms. The van der Waals surface area contributed by atoms with Gasteiger partial charge in [-0.15, -0.1) is 0 Å². The quantitative estimate of drug-likeness (QED) is 0.910. The van der Waals surface area contributed by atoms with Crippen LogP contribution in [0.5, 0.6) is 0 Å². The third-order valence-electron chi connectivity index (χ3n) is 2.87. The molecule has 1 atom stereocenters. The van der Waals surface area contributed by atoms with Crippen molar-refractivity contribution in [3.05, 3.63) is 57.5 Å². The topological polar surface area (TPSA) is 39.2 Å². The highest BCUT2D eigenvalue weighted by molar-refractivity contribution is 9.10. The molecule has 2 nitrogen and oxygen atoms in total. The van der Waals surface area contributed by atoms with Gasteiger partial charge >= 0.3 is 0 Å². The van der Waals surface area contributed by atoms with Crippen molar-refractivity contribution in [2.24, 2.45) is 5.73 Å². The zero-order chi connectivity index (χ0) is 11.7. The normalized spacial score (nSPS) is 12.8. The van der Waals surface area contributed by atoms with Gasteiger partial charge in [0.15, 0.2) is 4.67 Å². The van der Waals surface area contributed by atoms with Gasteiger partial charge in [0.2, 0.25) is 0 Å². The van der Waals surface area contributed by atoms with Crippen LogP contribution in [0.25, 0.3) is 0 Å². The predicted molar refractivity (Wildman–Crippen MR) is 68.4 cm³/mol. The van der Waals surface area contributed by atoms with E-state index in [1.54, 1.807) is 6.26 Å². The lowest BCUT2D eigenvalue weighted by atomic mass is 9.98. The molecule has 0 saturated carbocycles. The van der Waals surface area contributed by atoms with Gasteiger partial charge in [-0.3, -0.25) is 0 Å². The number of halogens is 1. The summed E-state index contributed by atoms with van der Waals surface area (Å²) in [5.74, 6) is 0. The van der Waals surface area contributed by atoms with Crippen molar-refractivity contribution < 1.29 is 4.42 Å². The lowest BCUT2D eigenvalue weighted by Gasteiger charge is -2.12. The average molecular weight is 280 g/mol. The molecule has 0 aliphatic carbocycles. The van der Waals surface area contributed by atoms with E-state index in [0.29, 0.717) is 4.67 Å². The van der Waals surface area contributed by atoms with Gasteiger partial charge in [0.1, 0.15) is 0 Å². The Hall–Kier alpha value is -1.06. The van der Waals surface area contributed by atoms with Crippen LogP contribution in [-0.2, 0) is 0 Å². The maximum atomic E-state index is 6.19. The second-order valence-corrected chi connectivity index (χ2v) is 4.69. The van der Waals surface area contributed by atoms with Gasteiger partial charge in [0, 0.05) is 5.56 Å². The second kappa shape index (κ2) is 4.44. The van der Waals surface area contributed by atoms with Crippen LogP contribution in [0.4, 0.5) is 0 Å². The minimum absolute atomic E-state index is 0.146. The molecule has 2 aromatic rings. The summed E-state index contributed by atoms with van der Waals surface area (Å²) in [6.07, 6.45) is 1.64. The summed E-state index contributed by atoms with van der Waals surface area (Å²) in [7, 11) is 0. The van der Waals surface area contributed by atoms with Crippen LogP contribution in [0.1, 0.15) is 28.3 Å². The number of aryl methyl sites for hydroxylation is 2. The van der Waals surface area contributed by atoms with Crippen molar-refractivity contribution >= 4 is 15.9 Å². The summed E-state index contributed by atoms with van der Waals surface area (Å²) in [6, 6.07) is 8.03. The lowest BCUT2D eigenvalue weighted by Crippen LogP contribution is -2.11. The minimum Gasteiger partial charge on any atom is -0.457 e. The molecule has 0 aliphatic heterocycles. The fourth-order valence-corrected chi connectivity index (χ4v) is 2.15. The molecule has 84 valence electrons.